The molecule has 0 N–H and O–H groups in total. The van der Waals surface area contributed by atoms with Gasteiger partial charge in [-0.15, -0.1) is 0 Å². The molecule has 0 aromatic heterocycles. The van der Waals surface area contributed by atoms with Gasteiger partial charge >= 0.3 is 5.97 Å². The molecular formula is C23H24N2O5. The van der Waals surface area contributed by atoms with Crippen molar-refractivity contribution in [1.82, 2.24) is 0 Å². The highest BCUT2D eigenvalue weighted by atomic mass is 16.5. The van der Waals surface area contributed by atoms with Crippen LogP contribution >= 0.6 is 0 Å². The number of carbonyl (C=O) groups excluding carboxylic acids is 2. The molecule has 0 bridgehead atoms. The minimum atomic E-state index is -0.666. The summed E-state index contributed by atoms with van der Waals surface area (Å²) in [4.78, 5) is 26.5. The smallest absolute Gasteiger partial charge is 0.338 e. The van der Waals surface area contributed by atoms with Crippen molar-refractivity contribution in [2.24, 2.45) is 0 Å². The van der Waals surface area contributed by atoms with Gasteiger partial charge in [0.05, 0.1) is 25.2 Å². The molecular weight excluding hydrogens is 384 g/mol. The van der Waals surface area contributed by atoms with Crippen molar-refractivity contribution < 1.29 is 23.8 Å². The normalized spacial score (nSPS) is 9.90. The van der Waals surface area contributed by atoms with Gasteiger partial charge in [0.15, 0.2) is 18.1 Å². The highest BCUT2D eigenvalue weighted by Crippen LogP contribution is 2.28. The Morgan fingerprint density at radius 3 is 2.53 bits per heavy atom. The summed E-state index contributed by atoms with van der Waals surface area (Å²) in [6, 6.07) is 14.0. The van der Waals surface area contributed by atoms with Gasteiger partial charge in [-0.3, -0.25) is 4.79 Å². The van der Waals surface area contributed by atoms with Crippen LogP contribution in [0.25, 0.3) is 0 Å². The van der Waals surface area contributed by atoms with Crippen LogP contribution in [0.5, 0.6) is 11.5 Å². The summed E-state index contributed by atoms with van der Waals surface area (Å²) in [6.45, 7) is 5.58. The fourth-order valence-corrected chi connectivity index (χ4v) is 2.64. The molecule has 0 atom stereocenters. The van der Waals surface area contributed by atoms with Crippen LogP contribution in [0.3, 0.4) is 0 Å². The highest BCUT2D eigenvalue weighted by molar-refractivity contribution is 5.97. The number of nitrogens with zero attached hydrogens (tertiary/aromatic N) is 2. The molecule has 0 radical (unpaired) electrons. The lowest BCUT2D eigenvalue weighted by Gasteiger charge is -2.22. The molecule has 156 valence electrons. The molecule has 0 aliphatic heterocycles. The van der Waals surface area contributed by atoms with E-state index >= 15 is 0 Å². The Hall–Kier alpha value is -3.79. The van der Waals surface area contributed by atoms with Gasteiger partial charge in [0.1, 0.15) is 6.61 Å². The summed E-state index contributed by atoms with van der Waals surface area (Å²) < 4.78 is 15.9. The molecule has 7 heteroatoms. The number of aryl methyl sites for hydroxylation is 1. The average Bonchev–Trinajstić information content (AvgIpc) is 2.77. The second kappa shape index (κ2) is 11.3. The lowest BCUT2D eigenvalue weighted by molar-refractivity contribution is -0.121. The number of benzene rings is 2. The van der Waals surface area contributed by atoms with Gasteiger partial charge in [0, 0.05) is 12.2 Å². The van der Waals surface area contributed by atoms with Gasteiger partial charge < -0.3 is 19.1 Å². The molecule has 1 amide bonds. The molecule has 0 saturated heterocycles. The Balaban J connectivity index is 2.07. The number of amides is 1. The lowest BCUT2D eigenvalue weighted by atomic mass is 10.2. The molecule has 2 aromatic carbocycles. The van der Waals surface area contributed by atoms with Gasteiger partial charge in [-0.2, -0.15) is 5.26 Å². The van der Waals surface area contributed by atoms with Crippen molar-refractivity contribution >= 4 is 17.6 Å². The van der Waals surface area contributed by atoms with E-state index < -0.39 is 18.5 Å². The molecule has 30 heavy (non-hydrogen) atoms. The largest absolute Gasteiger partial charge is 0.493 e. The van der Waals surface area contributed by atoms with Crippen molar-refractivity contribution in [2.45, 2.75) is 13.3 Å². The second-order valence-electron chi connectivity index (χ2n) is 6.33. The van der Waals surface area contributed by atoms with E-state index in [9.17, 15) is 9.59 Å². The molecule has 0 aliphatic carbocycles. The predicted molar refractivity (Wildman–Crippen MR) is 113 cm³/mol. The minimum Gasteiger partial charge on any atom is -0.493 e. The van der Waals surface area contributed by atoms with Crippen LogP contribution in [0.4, 0.5) is 5.69 Å². The first-order chi connectivity index (χ1) is 14.5. The summed E-state index contributed by atoms with van der Waals surface area (Å²) in [6.07, 6.45) is 1.76. The van der Waals surface area contributed by atoms with E-state index in [4.69, 9.17) is 19.5 Å². The summed E-state index contributed by atoms with van der Waals surface area (Å²) in [7, 11) is 1.46. The number of carbonyl (C=O) groups is 2. The number of nitriles is 1. The van der Waals surface area contributed by atoms with Crippen LogP contribution in [-0.2, 0) is 9.53 Å². The standard InChI is InChI=1S/C23H24N2O5/c1-4-14-29-20-11-8-18(15-21(20)28-3)23(27)30-16-22(26)25(13-5-12-24)19-9-6-17(2)7-10-19/h4,6-11,15H,1,5,13-14,16H2,2-3H3. The lowest BCUT2D eigenvalue weighted by Crippen LogP contribution is -2.35. The number of anilines is 1. The second-order valence-corrected chi connectivity index (χ2v) is 6.33. The molecule has 0 fully saturated rings. The molecule has 2 aromatic rings. The maximum atomic E-state index is 12.7. The first-order valence-corrected chi connectivity index (χ1v) is 9.33. The van der Waals surface area contributed by atoms with Gasteiger partial charge in [-0.1, -0.05) is 30.4 Å². The third-order valence-corrected chi connectivity index (χ3v) is 4.18. The fourth-order valence-electron chi connectivity index (χ4n) is 2.64. The van der Waals surface area contributed by atoms with Crippen LogP contribution in [0, 0.1) is 18.3 Å². The van der Waals surface area contributed by atoms with E-state index in [-0.39, 0.29) is 18.5 Å². The van der Waals surface area contributed by atoms with E-state index in [1.165, 1.54) is 24.1 Å². The van der Waals surface area contributed by atoms with Crippen LogP contribution < -0.4 is 14.4 Å². The number of hydrogen-bond donors (Lipinski definition) is 0. The van der Waals surface area contributed by atoms with Crippen molar-refractivity contribution in [3.8, 4) is 17.6 Å². The minimum absolute atomic E-state index is 0.164. The summed E-state index contributed by atoms with van der Waals surface area (Å²) in [5, 5.41) is 8.88. The molecule has 7 nitrogen and oxygen atoms in total. The predicted octanol–water partition coefficient (Wildman–Crippen LogP) is 3.67. The van der Waals surface area contributed by atoms with E-state index in [1.54, 1.807) is 24.3 Å². The SMILES string of the molecule is C=CCOc1ccc(C(=O)OCC(=O)N(CCC#N)c2ccc(C)cc2)cc1OC. The number of esters is 1. The van der Waals surface area contributed by atoms with Crippen molar-refractivity contribution in [2.75, 3.05) is 31.8 Å². The third-order valence-electron chi connectivity index (χ3n) is 4.18. The van der Waals surface area contributed by atoms with Gasteiger partial charge in [-0.25, -0.2) is 4.79 Å². The zero-order valence-electron chi connectivity index (χ0n) is 17.1. The van der Waals surface area contributed by atoms with Crippen LogP contribution in [0.1, 0.15) is 22.3 Å². The fraction of sp³-hybridized carbons (Fsp3) is 0.261. The highest BCUT2D eigenvalue weighted by Gasteiger charge is 2.19. The molecule has 2 rings (SSSR count). The molecule has 0 heterocycles. The molecule has 0 saturated carbocycles. The van der Waals surface area contributed by atoms with E-state index in [0.29, 0.717) is 23.8 Å². The summed E-state index contributed by atoms with van der Waals surface area (Å²) in [5.74, 6) is -0.249. The van der Waals surface area contributed by atoms with E-state index in [1.807, 2.05) is 25.1 Å². The number of methoxy groups -OCH3 is 1. The first kappa shape index (κ1) is 22.5. The number of ether oxygens (including phenoxy) is 3. The Kier molecular flexibility index (Phi) is 8.45. The van der Waals surface area contributed by atoms with Crippen LogP contribution in [0.2, 0.25) is 0 Å². The Morgan fingerprint density at radius 1 is 1.17 bits per heavy atom. The maximum Gasteiger partial charge on any atom is 0.338 e. The summed E-state index contributed by atoms with van der Waals surface area (Å²) in [5.41, 5.74) is 1.92. The Labute approximate surface area is 176 Å². The van der Waals surface area contributed by atoms with Gasteiger partial charge in [-0.05, 0) is 37.3 Å². The molecule has 0 spiro atoms. The van der Waals surface area contributed by atoms with Crippen molar-refractivity contribution in [3.63, 3.8) is 0 Å². The maximum absolute atomic E-state index is 12.7. The third kappa shape index (κ3) is 6.11. The zero-order chi connectivity index (χ0) is 21.9. The van der Waals surface area contributed by atoms with Crippen molar-refractivity contribution in [1.29, 1.82) is 5.26 Å². The molecule has 0 unspecified atom stereocenters. The monoisotopic (exact) mass is 408 g/mol. The summed E-state index contributed by atoms with van der Waals surface area (Å²) >= 11 is 0. The number of hydrogen-bond acceptors (Lipinski definition) is 6. The Bertz CT molecular complexity index is 932. The number of rotatable bonds is 10. The van der Waals surface area contributed by atoms with Gasteiger partial charge in [0.2, 0.25) is 0 Å². The average molecular weight is 408 g/mol. The topological polar surface area (TPSA) is 88.9 Å². The quantitative estimate of drug-likeness (QED) is 0.440. The first-order valence-electron chi connectivity index (χ1n) is 9.33. The molecule has 0 aliphatic rings. The Morgan fingerprint density at radius 2 is 1.90 bits per heavy atom. The van der Waals surface area contributed by atoms with Crippen LogP contribution in [-0.4, -0.2) is 38.7 Å². The zero-order valence-corrected chi connectivity index (χ0v) is 17.1. The van der Waals surface area contributed by atoms with Gasteiger partial charge in [0.25, 0.3) is 5.91 Å². The van der Waals surface area contributed by atoms with Crippen molar-refractivity contribution in [3.05, 3.63) is 66.2 Å². The van der Waals surface area contributed by atoms with E-state index in [0.717, 1.165) is 5.56 Å². The van der Waals surface area contributed by atoms with Crippen LogP contribution in [0.15, 0.2) is 55.1 Å². The van der Waals surface area contributed by atoms with E-state index in [2.05, 4.69) is 6.58 Å².